The van der Waals surface area contributed by atoms with Gasteiger partial charge in [-0.25, -0.2) is 4.79 Å². The fraction of sp³-hybridized carbons (Fsp3) is 0.364. The van der Waals surface area contributed by atoms with Crippen LogP contribution in [-0.4, -0.2) is 23.5 Å². The molecule has 138 valence electrons. The maximum Gasteiger partial charge on any atom is 0.408 e. The van der Waals surface area contributed by atoms with Crippen molar-refractivity contribution in [3.63, 3.8) is 0 Å². The molecule has 0 radical (unpaired) electrons. The number of hydrogen-bond donors (Lipinski definition) is 1. The summed E-state index contributed by atoms with van der Waals surface area (Å²) in [5.41, 5.74) is 1.51. The average Bonchev–Trinajstić information content (AvgIpc) is 2.59. The lowest BCUT2D eigenvalue weighted by molar-refractivity contribution is -0.121. The zero-order chi connectivity index (χ0) is 19.0. The van der Waals surface area contributed by atoms with Crippen molar-refractivity contribution in [1.29, 1.82) is 0 Å². The van der Waals surface area contributed by atoms with Crippen molar-refractivity contribution in [2.24, 2.45) is 0 Å². The number of nitrogens with one attached hydrogen (secondary N) is 1. The molecule has 0 aromatic heterocycles. The van der Waals surface area contributed by atoms with Crippen LogP contribution in [-0.2, 0) is 22.4 Å². The molecule has 1 amide bonds. The van der Waals surface area contributed by atoms with Gasteiger partial charge in [0.05, 0.1) is 6.04 Å². The third-order valence-corrected chi connectivity index (χ3v) is 3.87. The maximum atomic E-state index is 12.8. The quantitative estimate of drug-likeness (QED) is 0.806. The molecule has 0 saturated heterocycles. The number of alkyl carbamates (subject to hydrolysis) is 1. The molecule has 0 spiro atoms. The van der Waals surface area contributed by atoms with Gasteiger partial charge in [0.25, 0.3) is 0 Å². The molecule has 1 N–H and O–H groups in total. The van der Waals surface area contributed by atoms with Gasteiger partial charge in [0.1, 0.15) is 5.60 Å². The number of carbonyl (C=O) groups excluding carboxylic acids is 2. The van der Waals surface area contributed by atoms with Gasteiger partial charge in [0.2, 0.25) is 0 Å². The Kier molecular flexibility index (Phi) is 6.96. The number of amides is 1. The van der Waals surface area contributed by atoms with Crippen LogP contribution in [0, 0.1) is 0 Å². The van der Waals surface area contributed by atoms with Crippen LogP contribution in [0.2, 0.25) is 0 Å². The Labute approximate surface area is 155 Å². The molecule has 2 rings (SSSR count). The van der Waals surface area contributed by atoms with Crippen LogP contribution in [0.4, 0.5) is 4.79 Å². The first-order valence-corrected chi connectivity index (χ1v) is 8.93. The highest BCUT2D eigenvalue weighted by molar-refractivity contribution is 5.87. The molecular weight excluding hydrogens is 326 g/mol. The van der Waals surface area contributed by atoms with Gasteiger partial charge in [-0.3, -0.25) is 4.79 Å². The molecule has 0 bridgehead atoms. The second-order valence-corrected chi connectivity index (χ2v) is 7.34. The first kappa shape index (κ1) is 19.7. The first-order valence-electron chi connectivity index (χ1n) is 8.93. The summed E-state index contributed by atoms with van der Waals surface area (Å²) in [5.74, 6) is 0.00330. The Hall–Kier alpha value is -2.62. The minimum atomic E-state index is -0.603. The van der Waals surface area contributed by atoms with Crippen LogP contribution in [0.1, 0.15) is 38.3 Å². The summed E-state index contributed by atoms with van der Waals surface area (Å²) in [6.45, 7) is 5.40. The highest BCUT2D eigenvalue weighted by atomic mass is 16.6. The van der Waals surface area contributed by atoms with Crippen LogP contribution in [0.15, 0.2) is 60.7 Å². The van der Waals surface area contributed by atoms with Gasteiger partial charge in [0, 0.05) is 6.42 Å². The van der Waals surface area contributed by atoms with Gasteiger partial charge >= 0.3 is 6.09 Å². The Morgan fingerprint density at radius 1 is 0.923 bits per heavy atom. The standard InChI is InChI=1S/C22H27NO3/c1-22(2,3)26-21(25)23-19(16-18-12-8-5-9-13-18)20(24)15-14-17-10-6-4-7-11-17/h4-13,19H,14-16H2,1-3H3,(H,23,25)/t19-/m0/s1. The number of rotatable bonds is 7. The molecule has 2 aromatic carbocycles. The van der Waals surface area contributed by atoms with E-state index in [1.807, 2.05) is 60.7 Å². The number of aryl methyl sites for hydroxylation is 1. The van der Waals surface area contributed by atoms with E-state index >= 15 is 0 Å². The van der Waals surface area contributed by atoms with Gasteiger partial charge < -0.3 is 10.1 Å². The molecule has 0 aliphatic carbocycles. The first-order chi connectivity index (χ1) is 12.3. The molecule has 0 aliphatic heterocycles. The summed E-state index contributed by atoms with van der Waals surface area (Å²) in [6, 6.07) is 19.0. The second kappa shape index (κ2) is 9.18. The number of ether oxygens (including phenoxy) is 1. The Morgan fingerprint density at radius 3 is 2.00 bits per heavy atom. The van der Waals surface area contributed by atoms with E-state index in [4.69, 9.17) is 4.74 Å². The van der Waals surface area contributed by atoms with E-state index in [0.29, 0.717) is 19.3 Å². The van der Waals surface area contributed by atoms with Crippen LogP contribution in [0.5, 0.6) is 0 Å². The Bertz CT molecular complexity index is 705. The van der Waals surface area contributed by atoms with Crippen molar-refractivity contribution >= 4 is 11.9 Å². The molecule has 0 unspecified atom stereocenters. The highest BCUT2D eigenvalue weighted by Gasteiger charge is 2.24. The van der Waals surface area contributed by atoms with Crippen molar-refractivity contribution in [1.82, 2.24) is 5.32 Å². The lowest BCUT2D eigenvalue weighted by Gasteiger charge is -2.23. The van der Waals surface area contributed by atoms with Crippen molar-refractivity contribution < 1.29 is 14.3 Å². The Morgan fingerprint density at radius 2 is 1.46 bits per heavy atom. The van der Waals surface area contributed by atoms with Crippen LogP contribution in [0.25, 0.3) is 0 Å². The van der Waals surface area contributed by atoms with E-state index < -0.39 is 17.7 Å². The summed E-state index contributed by atoms with van der Waals surface area (Å²) in [6.07, 6.45) is 0.915. The largest absolute Gasteiger partial charge is 0.444 e. The van der Waals surface area contributed by atoms with E-state index in [2.05, 4.69) is 5.32 Å². The molecule has 2 aromatic rings. The van der Waals surface area contributed by atoms with E-state index in [0.717, 1.165) is 11.1 Å². The molecule has 4 heteroatoms. The normalized spacial score (nSPS) is 12.3. The number of ketones is 1. The minimum absolute atomic E-state index is 0.00330. The lowest BCUT2D eigenvalue weighted by Crippen LogP contribution is -2.44. The molecular formula is C22H27NO3. The molecule has 0 saturated carbocycles. The fourth-order valence-corrected chi connectivity index (χ4v) is 2.63. The lowest BCUT2D eigenvalue weighted by atomic mass is 9.98. The predicted octanol–water partition coefficient (Wildman–Crippen LogP) is 4.32. The molecule has 0 heterocycles. The topological polar surface area (TPSA) is 55.4 Å². The maximum absolute atomic E-state index is 12.8. The van der Waals surface area contributed by atoms with Gasteiger partial charge in [-0.2, -0.15) is 0 Å². The molecule has 0 fully saturated rings. The fourth-order valence-electron chi connectivity index (χ4n) is 2.63. The predicted molar refractivity (Wildman–Crippen MR) is 103 cm³/mol. The van der Waals surface area contributed by atoms with Gasteiger partial charge in [-0.05, 0) is 44.7 Å². The number of Topliss-reactive ketones (excluding diaryl/α,β-unsaturated/α-hetero) is 1. The molecule has 1 atom stereocenters. The summed E-state index contributed by atoms with van der Waals surface area (Å²) in [7, 11) is 0. The highest BCUT2D eigenvalue weighted by Crippen LogP contribution is 2.11. The molecule has 26 heavy (non-hydrogen) atoms. The van der Waals surface area contributed by atoms with Crippen LogP contribution < -0.4 is 5.32 Å². The third-order valence-electron chi connectivity index (χ3n) is 3.87. The Balaban J connectivity index is 2.03. The number of benzene rings is 2. The van der Waals surface area contributed by atoms with E-state index in [9.17, 15) is 9.59 Å². The number of carbonyl (C=O) groups is 2. The van der Waals surface area contributed by atoms with Crippen molar-refractivity contribution in [2.45, 2.75) is 51.7 Å². The van der Waals surface area contributed by atoms with Crippen molar-refractivity contribution in [3.8, 4) is 0 Å². The van der Waals surface area contributed by atoms with Crippen LogP contribution >= 0.6 is 0 Å². The van der Waals surface area contributed by atoms with E-state index in [1.54, 1.807) is 20.8 Å². The van der Waals surface area contributed by atoms with Gasteiger partial charge in [-0.1, -0.05) is 60.7 Å². The summed E-state index contributed by atoms with van der Waals surface area (Å²) in [4.78, 5) is 24.9. The van der Waals surface area contributed by atoms with Crippen molar-refractivity contribution in [2.75, 3.05) is 0 Å². The number of hydrogen-bond acceptors (Lipinski definition) is 3. The second-order valence-electron chi connectivity index (χ2n) is 7.34. The summed E-state index contributed by atoms with van der Waals surface area (Å²) in [5, 5.41) is 2.75. The smallest absolute Gasteiger partial charge is 0.408 e. The SMILES string of the molecule is CC(C)(C)OC(=O)N[C@@H](Cc1ccccc1)C(=O)CCc1ccccc1. The molecule has 4 nitrogen and oxygen atoms in total. The van der Waals surface area contributed by atoms with E-state index in [1.165, 1.54) is 0 Å². The van der Waals surface area contributed by atoms with Crippen LogP contribution in [0.3, 0.4) is 0 Å². The zero-order valence-electron chi connectivity index (χ0n) is 15.7. The third kappa shape index (κ3) is 7.09. The van der Waals surface area contributed by atoms with Gasteiger partial charge in [0.15, 0.2) is 5.78 Å². The minimum Gasteiger partial charge on any atom is -0.444 e. The average molecular weight is 353 g/mol. The molecule has 0 aliphatic rings. The summed E-state index contributed by atoms with van der Waals surface area (Å²) < 4.78 is 5.32. The zero-order valence-corrected chi connectivity index (χ0v) is 15.7. The summed E-state index contributed by atoms with van der Waals surface area (Å²) >= 11 is 0. The monoisotopic (exact) mass is 353 g/mol. The van der Waals surface area contributed by atoms with E-state index in [-0.39, 0.29) is 5.78 Å². The van der Waals surface area contributed by atoms with Crippen molar-refractivity contribution in [3.05, 3.63) is 71.8 Å². The van der Waals surface area contributed by atoms with Gasteiger partial charge in [-0.15, -0.1) is 0 Å².